The van der Waals surface area contributed by atoms with Crippen LogP contribution in [0, 0.1) is 17.3 Å². The molecular formula is C9H12O. The molecule has 1 aliphatic carbocycles. The second-order valence-corrected chi connectivity index (χ2v) is 2.94. The lowest BCUT2D eigenvalue weighted by atomic mass is 9.98. The third-order valence-corrected chi connectivity index (χ3v) is 2.20. The molecule has 1 saturated carbocycles. The Kier molecular flexibility index (Phi) is 1.80. The number of carbonyl (C=O) groups excluding carboxylic acids is 1. The van der Waals surface area contributed by atoms with Gasteiger partial charge in [0, 0.05) is 11.8 Å². The van der Waals surface area contributed by atoms with Crippen LogP contribution in [0.2, 0.25) is 0 Å². The van der Waals surface area contributed by atoms with Crippen molar-refractivity contribution in [2.24, 2.45) is 5.41 Å². The molecule has 0 aromatic heterocycles. The number of hydrogen-bond acceptors (Lipinski definition) is 1. The summed E-state index contributed by atoms with van der Waals surface area (Å²) in [5.74, 6) is 6.09. The zero-order valence-corrected chi connectivity index (χ0v) is 6.53. The smallest absolute Gasteiger partial charge is 0.136 e. The first-order valence-corrected chi connectivity index (χ1v) is 3.62. The summed E-state index contributed by atoms with van der Waals surface area (Å²) in [5, 5.41) is 0. The summed E-state index contributed by atoms with van der Waals surface area (Å²) in [5.41, 5.74) is -0.0109. The summed E-state index contributed by atoms with van der Waals surface area (Å²) in [4.78, 5) is 11.0. The molecule has 0 aromatic carbocycles. The SMILES string of the molecule is CC#CCC1(C(C)=O)CC1. The van der Waals surface area contributed by atoms with Gasteiger partial charge in [-0.2, -0.15) is 0 Å². The topological polar surface area (TPSA) is 17.1 Å². The Labute approximate surface area is 61.8 Å². The minimum absolute atomic E-state index is 0.0109. The molecular weight excluding hydrogens is 124 g/mol. The first kappa shape index (κ1) is 7.34. The van der Waals surface area contributed by atoms with Crippen LogP contribution in [-0.2, 0) is 4.79 Å². The number of Topliss-reactive ketones (excluding diaryl/α,β-unsaturated/α-hetero) is 1. The second kappa shape index (κ2) is 2.46. The highest BCUT2D eigenvalue weighted by molar-refractivity contribution is 5.85. The van der Waals surface area contributed by atoms with E-state index in [1.807, 2.05) is 6.92 Å². The van der Waals surface area contributed by atoms with Gasteiger partial charge in [0.05, 0.1) is 0 Å². The third-order valence-electron chi connectivity index (χ3n) is 2.20. The van der Waals surface area contributed by atoms with Crippen LogP contribution in [0.4, 0.5) is 0 Å². The molecule has 0 radical (unpaired) electrons. The van der Waals surface area contributed by atoms with Gasteiger partial charge in [-0.1, -0.05) is 0 Å². The molecule has 10 heavy (non-hydrogen) atoms. The predicted octanol–water partition coefficient (Wildman–Crippen LogP) is 1.77. The van der Waals surface area contributed by atoms with Crippen LogP contribution in [0.15, 0.2) is 0 Å². The largest absolute Gasteiger partial charge is 0.299 e. The molecule has 1 fully saturated rings. The van der Waals surface area contributed by atoms with E-state index in [4.69, 9.17) is 0 Å². The minimum Gasteiger partial charge on any atom is -0.299 e. The fourth-order valence-electron chi connectivity index (χ4n) is 1.06. The Morgan fingerprint density at radius 1 is 1.60 bits per heavy atom. The van der Waals surface area contributed by atoms with Crippen LogP contribution >= 0.6 is 0 Å². The molecule has 0 saturated heterocycles. The normalized spacial score (nSPS) is 19.0. The monoisotopic (exact) mass is 136 g/mol. The maximum Gasteiger partial charge on any atom is 0.136 e. The van der Waals surface area contributed by atoms with E-state index in [0.29, 0.717) is 5.78 Å². The maximum absolute atomic E-state index is 11.0. The Hall–Kier alpha value is -0.770. The quantitative estimate of drug-likeness (QED) is 0.529. The fourth-order valence-corrected chi connectivity index (χ4v) is 1.06. The lowest BCUT2D eigenvalue weighted by Crippen LogP contribution is -2.10. The third kappa shape index (κ3) is 1.21. The molecule has 0 amide bonds. The van der Waals surface area contributed by atoms with Crippen molar-refractivity contribution in [3.05, 3.63) is 0 Å². The highest BCUT2D eigenvalue weighted by Gasteiger charge is 2.46. The van der Waals surface area contributed by atoms with Gasteiger partial charge in [-0.3, -0.25) is 4.79 Å². The van der Waals surface area contributed by atoms with Crippen molar-refractivity contribution in [1.82, 2.24) is 0 Å². The minimum atomic E-state index is -0.0109. The van der Waals surface area contributed by atoms with E-state index in [2.05, 4.69) is 11.8 Å². The van der Waals surface area contributed by atoms with E-state index in [-0.39, 0.29) is 5.41 Å². The summed E-state index contributed by atoms with van der Waals surface area (Å²) in [7, 11) is 0. The Bertz CT molecular complexity index is 201. The van der Waals surface area contributed by atoms with Crippen molar-refractivity contribution in [3.63, 3.8) is 0 Å². The lowest BCUT2D eigenvalue weighted by molar-refractivity contribution is -0.121. The molecule has 0 aromatic rings. The van der Waals surface area contributed by atoms with E-state index < -0.39 is 0 Å². The molecule has 1 heteroatoms. The zero-order valence-electron chi connectivity index (χ0n) is 6.53. The van der Waals surface area contributed by atoms with Gasteiger partial charge in [0.25, 0.3) is 0 Å². The lowest BCUT2D eigenvalue weighted by Gasteiger charge is -2.03. The molecule has 0 atom stereocenters. The number of hydrogen-bond donors (Lipinski definition) is 0. The van der Waals surface area contributed by atoms with Gasteiger partial charge >= 0.3 is 0 Å². The van der Waals surface area contributed by atoms with Gasteiger partial charge in [0.2, 0.25) is 0 Å². The molecule has 0 heterocycles. The molecule has 0 N–H and O–H groups in total. The van der Waals surface area contributed by atoms with Crippen molar-refractivity contribution < 1.29 is 4.79 Å². The first-order chi connectivity index (χ1) is 4.71. The van der Waals surface area contributed by atoms with Crippen LogP contribution in [0.5, 0.6) is 0 Å². The van der Waals surface area contributed by atoms with Crippen molar-refractivity contribution in [2.75, 3.05) is 0 Å². The van der Waals surface area contributed by atoms with Crippen molar-refractivity contribution in [2.45, 2.75) is 33.1 Å². The van der Waals surface area contributed by atoms with E-state index in [1.54, 1.807) is 6.92 Å². The van der Waals surface area contributed by atoms with Crippen molar-refractivity contribution in [1.29, 1.82) is 0 Å². The Balaban J connectivity index is 2.50. The summed E-state index contributed by atoms with van der Waals surface area (Å²) >= 11 is 0. The van der Waals surface area contributed by atoms with Gasteiger partial charge in [-0.15, -0.1) is 11.8 Å². The molecule has 54 valence electrons. The average molecular weight is 136 g/mol. The van der Waals surface area contributed by atoms with Gasteiger partial charge in [0.15, 0.2) is 0 Å². The van der Waals surface area contributed by atoms with Gasteiger partial charge in [-0.05, 0) is 26.7 Å². The molecule has 0 unspecified atom stereocenters. The van der Waals surface area contributed by atoms with Crippen molar-refractivity contribution >= 4 is 5.78 Å². The van der Waals surface area contributed by atoms with Gasteiger partial charge in [-0.25, -0.2) is 0 Å². The standard InChI is InChI=1S/C9H12O/c1-3-4-5-9(6-7-9)8(2)10/h5-7H2,1-2H3. The zero-order chi connectivity index (χ0) is 7.61. The molecule has 0 spiro atoms. The van der Waals surface area contributed by atoms with Gasteiger partial charge < -0.3 is 0 Å². The van der Waals surface area contributed by atoms with Crippen LogP contribution in [0.25, 0.3) is 0 Å². The van der Waals surface area contributed by atoms with E-state index in [9.17, 15) is 4.79 Å². The van der Waals surface area contributed by atoms with Crippen molar-refractivity contribution in [3.8, 4) is 11.8 Å². The molecule has 0 aliphatic heterocycles. The van der Waals surface area contributed by atoms with Crippen LogP contribution < -0.4 is 0 Å². The fraction of sp³-hybridized carbons (Fsp3) is 0.667. The average Bonchev–Trinajstić information content (AvgIpc) is 2.64. The number of rotatable bonds is 2. The summed E-state index contributed by atoms with van der Waals surface area (Å²) in [6.07, 6.45) is 2.88. The number of carbonyl (C=O) groups is 1. The van der Waals surface area contributed by atoms with E-state index in [0.717, 1.165) is 19.3 Å². The number of ketones is 1. The predicted molar refractivity (Wildman–Crippen MR) is 40.4 cm³/mol. The maximum atomic E-state index is 11.0. The highest BCUT2D eigenvalue weighted by atomic mass is 16.1. The summed E-state index contributed by atoms with van der Waals surface area (Å²) < 4.78 is 0. The molecule has 1 aliphatic rings. The molecule has 1 nitrogen and oxygen atoms in total. The van der Waals surface area contributed by atoms with Crippen LogP contribution in [0.3, 0.4) is 0 Å². The van der Waals surface area contributed by atoms with E-state index in [1.165, 1.54) is 0 Å². The molecule has 1 rings (SSSR count). The Morgan fingerprint density at radius 3 is 2.50 bits per heavy atom. The second-order valence-electron chi connectivity index (χ2n) is 2.94. The summed E-state index contributed by atoms with van der Waals surface area (Å²) in [6, 6.07) is 0. The highest BCUT2D eigenvalue weighted by Crippen LogP contribution is 2.49. The summed E-state index contributed by atoms with van der Waals surface area (Å²) in [6.45, 7) is 3.49. The first-order valence-electron chi connectivity index (χ1n) is 3.62. The van der Waals surface area contributed by atoms with Crippen LogP contribution in [-0.4, -0.2) is 5.78 Å². The van der Waals surface area contributed by atoms with Crippen LogP contribution in [0.1, 0.15) is 33.1 Å². The van der Waals surface area contributed by atoms with E-state index >= 15 is 0 Å². The Morgan fingerprint density at radius 2 is 2.20 bits per heavy atom. The molecule has 0 bridgehead atoms. The van der Waals surface area contributed by atoms with Gasteiger partial charge in [0.1, 0.15) is 5.78 Å².